The number of hydrogen-bond donors (Lipinski definition) is 2. The van der Waals surface area contributed by atoms with Gasteiger partial charge in [-0.3, -0.25) is 4.90 Å². The molecular formula is C21H31N5O4. The quantitative estimate of drug-likeness (QED) is 0.706. The number of aromatic nitrogens is 3. The Morgan fingerprint density at radius 2 is 2.13 bits per heavy atom. The Hall–Kier alpha value is -2.65. The predicted molar refractivity (Wildman–Crippen MR) is 111 cm³/mol. The van der Waals surface area contributed by atoms with Gasteiger partial charge in [0.15, 0.2) is 0 Å². The Balaban J connectivity index is 1.46. The molecule has 0 bridgehead atoms. The standard InChI is InChI=1S/C21H31N5O4/c1-21(2,3)30-20(28)22-11-18(27)13-26-8-7-15-9-19(6-5-16(15)12-26)29-14-17-10-23-24-25(17)4/h5-6,9-10,18,27H,7-8,11-14H2,1-4H3,(H,22,28)/t18-/m0/s1. The van der Waals surface area contributed by atoms with Crippen LogP contribution in [0.3, 0.4) is 0 Å². The molecule has 1 atom stereocenters. The van der Waals surface area contributed by atoms with Crippen molar-refractivity contribution in [2.45, 2.75) is 52.0 Å². The highest BCUT2D eigenvalue weighted by Crippen LogP contribution is 2.24. The number of hydrogen-bond acceptors (Lipinski definition) is 7. The number of amides is 1. The Bertz CT molecular complexity index is 861. The van der Waals surface area contributed by atoms with Gasteiger partial charge in [-0.25, -0.2) is 9.48 Å². The van der Waals surface area contributed by atoms with Crippen LogP contribution in [0.5, 0.6) is 5.75 Å². The van der Waals surface area contributed by atoms with Gasteiger partial charge in [0.25, 0.3) is 0 Å². The normalized spacial score (nSPS) is 15.4. The monoisotopic (exact) mass is 417 g/mol. The predicted octanol–water partition coefficient (Wildman–Crippen LogP) is 1.64. The van der Waals surface area contributed by atoms with Crippen LogP contribution in [0, 0.1) is 0 Å². The van der Waals surface area contributed by atoms with E-state index >= 15 is 0 Å². The van der Waals surface area contributed by atoms with Crippen LogP contribution in [0.4, 0.5) is 4.79 Å². The Morgan fingerprint density at radius 1 is 1.33 bits per heavy atom. The van der Waals surface area contributed by atoms with Gasteiger partial charge in [0.2, 0.25) is 0 Å². The molecule has 30 heavy (non-hydrogen) atoms. The van der Waals surface area contributed by atoms with Crippen LogP contribution in [0.15, 0.2) is 24.4 Å². The second-order valence-corrected chi connectivity index (χ2v) is 8.59. The molecule has 9 heteroatoms. The van der Waals surface area contributed by atoms with E-state index in [1.165, 1.54) is 11.1 Å². The van der Waals surface area contributed by atoms with Crippen molar-refractivity contribution in [2.24, 2.45) is 7.05 Å². The summed E-state index contributed by atoms with van der Waals surface area (Å²) < 4.78 is 12.8. The van der Waals surface area contributed by atoms with Crippen LogP contribution in [0.2, 0.25) is 0 Å². The third-order valence-corrected chi connectivity index (χ3v) is 4.81. The molecule has 1 aliphatic heterocycles. The topological polar surface area (TPSA) is 102 Å². The van der Waals surface area contributed by atoms with Crippen LogP contribution >= 0.6 is 0 Å². The van der Waals surface area contributed by atoms with Gasteiger partial charge in [-0.05, 0) is 50.5 Å². The highest BCUT2D eigenvalue weighted by Gasteiger charge is 2.21. The smallest absolute Gasteiger partial charge is 0.407 e. The minimum atomic E-state index is -0.658. The van der Waals surface area contributed by atoms with Gasteiger partial charge < -0.3 is 19.9 Å². The molecule has 0 unspecified atom stereocenters. The van der Waals surface area contributed by atoms with Crippen molar-refractivity contribution in [2.75, 3.05) is 19.6 Å². The van der Waals surface area contributed by atoms with E-state index in [0.717, 1.165) is 31.0 Å². The molecule has 1 aromatic heterocycles. The van der Waals surface area contributed by atoms with E-state index in [1.807, 2.05) is 13.1 Å². The number of fused-ring (bicyclic) bond motifs is 1. The number of ether oxygens (including phenoxy) is 2. The van der Waals surface area contributed by atoms with Crippen molar-refractivity contribution in [1.82, 2.24) is 25.2 Å². The minimum absolute atomic E-state index is 0.161. The number of aliphatic hydroxyl groups excluding tert-OH is 1. The van der Waals surface area contributed by atoms with E-state index < -0.39 is 17.8 Å². The number of carbonyl (C=O) groups is 1. The summed E-state index contributed by atoms with van der Waals surface area (Å²) in [4.78, 5) is 13.9. The number of nitrogens with one attached hydrogen (secondary N) is 1. The average Bonchev–Trinajstić information content (AvgIpc) is 3.08. The van der Waals surface area contributed by atoms with Crippen LogP contribution in [0.25, 0.3) is 0 Å². The number of aryl methyl sites for hydroxylation is 1. The van der Waals surface area contributed by atoms with Gasteiger partial charge in [0.05, 0.1) is 18.0 Å². The first kappa shape index (κ1) is 22.0. The van der Waals surface area contributed by atoms with E-state index in [-0.39, 0.29) is 6.54 Å². The van der Waals surface area contributed by atoms with Gasteiger partial charge in [-0.2, -0.15) is 0 Å². The molecule has 0 saturated carbocycles. The summed E-state index contributed by atoms with van der Waals surface area (Å²) in [7, 11) is 1.84. The summed E-state index contributed by atoms with van der Waals surface area (Å²) in [6.45, 7) is 8.08. The molecule has 1 amide bonds. The zero-order chi connectivity index (χ0) is 21.7. The highest BCUT2D eigenvalue weighted by molar-refractivity contribution is 5.67. The molecule has 164 valence electrons. The molecule has 0 radical (unpaired) electrons. The lowest BCUT2D eigenvalue weighted by molar-refractivity contribution is 0.0464. The highest BCUT2D eigenvalue weighted by atomic mass is 16.6. The number of β-amino-alcohol motifs (C(OH)–C–C–N with tert-alkyl or cyclic N) is 1. The van der Waals surface area contributed by atoms with Crippen molar-refractivity contribution in [1.29, 1.82) is 0 Å². The first-order valence-corrected chi connectivity index (χ1v) is 10.1. The van der Waals surface area contributed by atoms with Gasteiger partial charge in [0, 0.05) is 33.2 Å². The zero-order valence-corrected chi connectivity index (χ0v) is 18.1. The fourth-order valence-electron chi connectivity index (χ4n) is 3.31. The number of benzene rings is 1. The van der Waals surface area contributed by atoms with Crippen molar-refractivity contribution < 1.29 is 19.4 Å². The van der Waals surface area contributed by atoms with E-state index in [2.05, 4.69) is 32.7 Å². The maximum Gasteiger partial charge on any atom is 0.407 e. The molecule has 0 fully saturated rings. The van der Waals surface area contributed by atoms with Crippen LogP contribution < -0.4 is 10.1 Å². The first-order valence-electron chi connectivity index (χ1n) is 10.1. The maximum atomic E-state index is 11.7. The van der Waals surface area contributed by atoms with Crippen LogP contribution in [0.1, 0.15) is 37.6 Å². The summed E-state index contributed by atoms with van der Waals surface area (Å²) in [6.07, 6.45) is 1.40. The molecule has 2 heterocycles. The summed E-state index contributed by atoms with van der Waals surface area (Å²) in [5.41, 5.74) is 2.84. The molecular weight excluding hydrogens is 386 g/mol. The lowest BCUT2D eigenvalue weighted by Crippen LogP contribution is -2.43. The SMILES string of the molecule is Cn1nncc1COc1ccc2c(c1)CCN(C[C@@H](O)CNC(=O)OC(C)(C)C)C2. The van der Waals surface area contributed by atoms with Gasteiger partial charge in [-0.15, -0.1) is 5.10 Å². The van der Waals surface area contributed by atoms with E-state index in [1.54, 1.807) is 31.6 Å². The number of carbonyl (C=O) groups excluding carboxylic acids is 1. The van der Waals surface area contributed by atoms with E-state index in [4.69, 9.17) is 9.47 Å². The summed E-state index contributed by atoms with van der Waals surface area (Å²) in [5.74, 6) is 0.824. The summed E-state index contributed by atoms with van der Waals surface area (Å²) in [6, 6.07) is 6.12. The van der Waals surface area contributed by atoms with Gasteiger partial charge >= 0.3 is 6.09 Å². The van der Waals surface area contributed by atoms with E-state index in [0.29, 0.717) is 13.2 Å². The van der Waals surface area contributed by atoms with E-state index in [9.17, 15) is 9.90 Å². The second-order valence-electron chi connectivity index (χ2n) is 8.59. The van der Waals surface area contributed by atoms with Gasteiger partial charge in [0.1, 0.15) is 18.0 Å². The molecule has 0 spiro atoms. The van der Waals surface area contributed by atoms with Crippen molar-refractivity contribution in [3.63, 3.8) is 0 Å². The van der Waals surface area contributed by atoms with Crippen molar-refractivity contribution in [3.8, 4) is 5.75 Å². The van der Waals surface area contributed by atoms with Crippen LogP contribution in [-0.2, 0) is 31.4 Å². The second kappa shape index (κ2) is 9.44. The van der Waals surface area contributed by atoms with Crippen molar-refractivity contribution in [3.05, 3.63) is 41.2 Å². The Morgan fingerprint density at radius 3 is 2.83 bits per heavy atom. The number of nitrogens with zero attached hydrogens (tertiary/aromatic N) is 4. The third kappa shape index (κ3) is 6.43. The van der Waals surface area contributed by atoms with Crippen LogP contribution in [-0.4, -0.2) is 62.4 Å². The zero-order valence-electron chi connectivity index (χ0n) is 18.1. The number of alkyl carbamates (subject to hydrolysis) is 1. The number of aliphatic hydroxyl groups is 1. The third-order valence-electron chi connectivity index (χ3n) is 4.81. The average molecular weight is 418 g/mol. The number of rotatable bonds is 7. The molecule has 0 saturated heterocycles. The fourth-order valence-corrected chi connectivity index (χ4v) is 3.31. The molecule has 2 N–H and O–H groups in total. The minimum Gasteiger partial charge on any atom is -0.487 e. The summed E-state index contributed by atoms with van der Waals surface area (Å²) in [5, 5.41) is 20.7. The van der Waals surface area contributed by atoms with Crippen molar-refractivity contribution >= 4 is 6.09 Å². The molecule has 2 aromatic rings. The van der Waals surface area contributed by atoms with Gasteiger partial charge in [-0.1, -0.05) is 11.3 Å². The molecule has 3 rings (SSSR count). The maximum absolute atomic E-state index is 11.7. The fraction of sp³-hybridized carbons (Fsp3) is 0.571. The first-order chi connectivity index (χ1) is 14.2. The lowest BCUT2D eigenvalue weighted by atomic mass is 9.99. The molecule has 1 aliphatic rings. The summed E-state index contributed by atoms with van der Waals surface area (Å²) >= 11 is 0. The lowest BCUT2D eigenvalue weighted by Gasteiger charge is -2.30. The Labute approximate surface area is 177 Å². The molecule has 0 aliphatic carbocycles. The Kier molecular flexibility index (Phi) is 6.94. The molecule has 9 nitrogen and oxygen atoms in total. The molecule has 1 aromatic carbocycles. The largest absolute Gasteiger partial charge is 0.487 e.